The monoisotopic (exact) mass is 315 g/mol. The molecule has 1 aliphatic carbocycles. The predicted molar refractivity (Wildman–Crippen MR) is 87.8 cm³/mol. The first-order chi connectivity index (χ1) is 11.1. The van der Waals surface area contributed by atoms with Crippen molar-refractivity contribution in [3.05, 3.63) is 35.9 Å². The number of benzene rings is 1. The second-order valence-corrected chi connectivity index (χ2v) is 6.99. The Labute approximate surface area is 137 Å². The number of likely N-dealkylation sites (tertiary alicyclic amines) is 1. The summed E-state index contributed by atoms with van der Waals surface area (Å²) >= 11 is 0. The van der Waals surface area contributed by atoms with Crippen LogP contribution in [0, 0.1) is 17.8 Å². The Morgan fingerprint density at radius 2 is 1.74 bits per heavy atom. The zero-order valence-electron chi connectivity index (χ0n) is 13.7. The summed E-state index contributed by atoms with van der Waals surface area (Å²) in [6.45, 7) is 3.32. The van der Waals surface area contributed by atoms with E-state index in [1.165, 1.54) is 25.7 Å². The van der Waals surface area contributed by atoms with Crippen LogP contribution in [-0.2, 0) is 16.0 Å². The molecule has 124 valence electrons. The molecule has 1 saturated carbocycles. The lowest BCUT2D eigenvalue weighted by atomic mass is 9.82. The van der Waals surface area contributed by atoms with Crippen molar-refractivity contribution in [2.24, 2.45) is 17.8 Å². The highest BCUT2D eigenvalue weighted by Crippen LogP contribution is 2.36. The van der Waals surface area contributed by atoms with Gasteiger partial charge in [-0.2, -0.15) is 0 Å². The van der Waals surface area contributed by atoms with Crippen LogP contribution in [-0.4, -0.2) is 30.1 Å². The summed E-state index contributed by atoms with van der Waals surface area (Å²) in [5.41, 5.74) is 1.08. The average Bonchev–Trinajstić information content (AvgIpc) is 3.00. The zero-order chi connectivity index (χ0) is 16.2. The molecular formula is C19H25NO3. The van der Waals surface area contributed by atoms with E-state index in [4.69, 9.17) is 4.74 Å². The molecule has 1 heterocycles. The molecule has 1 aromatic rings. The van der Waals surface area contributed by atoms with Crippen molar-refractivity contribution in [1.29, 1.82) is 0 Å². The number of hydrogen-bond donors (Lipinski definition) is 0. The topological polar surface area (TPSA) is 46.6 Å². The van der Waals surface area contributed by atoms with E-state index in [9.17, 15) is 9.59 Å². The van der Waals surface area contributed by atoms with Gasteiger partial charge < -0.3 is 9.64 Å². The van der Waals surface area contributed by atoms with Crippen LogP contribution in [0.5, 0.6) is 0 Å². The summed E-state index contributed by atoms with van der Waals surface area (Å²) in [6.07, 6.45) is 5.07. The summed E-state index contributed by atoms with van der Waals surface area (Å²) < 4.78 is 5.12. The molecule has 0 radical (unpaired) electrons. The summed E-state index contributed by atoms with van der Waals surface area (Å²) in [5, 5.41) is 0. The van der Waals surface area contributed by atoms with Gasteiger partial charge in [0.1, 0.15) is 0 Å². The fourth-order valence-corrected chi connectivity index (χ4v) is 3.86. The Hall–Kier alpha value is -1.84. The maximum Gasteiger partial charge on any atom is 0.417 e. The van der Waals surface area contributed by atoms with Crippen LogP contribution in [0.4, 0.5) is 4.79 Å². The van der Waals surface area contributed by atoms with Gasteiger partial charge in [-0.3, -0.25) is 4.79 Å². The molecule has 0 bridgehead atoms. The van der Waals surface area contributed by atoms with Crippen molar-refractivity contribution in [3.8, 4) is 0 Å². The van der Waals surface area contributed by atoms with Crippen LogP contribution < -0.4 is 0 Å². The summed E-state index contributed by atoms with van der Waals surface area (Å²) in [7, 11) is 0. The Morgan fingerprint density at radius 3 is 2.35 bits per heavy atom. The molecule has 0 N–H and O–H groups in total. The molecule has 23 heavy (non-hydrogen) atoms. The van der Waals surface area contributed by atoms with E-state index in [1.54, 1.807) is 4.90 Å². The van der Waals surface area contributed by atoms with E-state index >= 15 is 0 Å². The number of nitrogens with zero attached hydrogens (tertiary/aromatic N) is 1. The lowest BCUT2D eigenvalue weighted by Gasteiger charge is -2.22. The molecule has 0 spiro atoms. The van der Waals surface area contributed by atoms with Gasteiger partial charge in [0.25, 0.3) is 0 Å². The molecule has 0 unspecified atom stereocenters. The van der Waals surface area contributed by atoms with E-state index in [2.05, 4.69) is 0 Å². The number of carbonyl (C=O) groups excluding carboxylic acids is 2. The lowest BCUT2D eigenvalue weighted by molar-refractivity contribution is -0.142. The highest BCUT2D eigenvalue weighted by atomic mass is 16.6. The molecule has 2 fully saturated rings. The first-order valence-corrected chi connectivity index (χ1v) is 8.68. The highest BCUT2D eigenvalue weighted by molar-refractivity contribution is 5.86. The number of ether oxygens (including phenoxy) is 1. The minimum Gasteiger partial charge on any atom is -0.376 e. The summed E-state index contributed by atoms with van der Waals surface area (Å²) in [5.74, 6) is 0.473. The Morgan fingerprint density at radius 1 is 1.13 bits per heavy atom. The second-order valence-electron chi connectivity index (χ2n) is 6.99. The second kappa shape index (κ2) is 7.16. The van der Waals surface area contributed by atoms with Gasteiger partial charge in [-0.15, -0.1) is 0 Å². The number of carbonyl (C=O) groups is 2. The van der Waals surface area contributed by atoms with Gasteiger partial charge in [0.05, 0.1) is 5.92 Å². The normalized spacial score (nSPS) is 24.8. The molecule has 3 atom stereocenters. The Balaban J connectivity index is 1.50. The van der Waals surface area contributed by atoms with Crippen LogP contribution in [0.1, 0.15) is 38.2 Å². The molecule has 4 nitrogen and oxygen atoms in total. The molecule has 4 heteroatoms. The SMILES string of the molecule is C[C@@H](Cc1ccccc1)C(=O)OC(=O)N1C[C@H]2CCCC[C@@H]2C1. The molecule has 1 aromatic carbocycles. The van der Waals surface area contributed by atoms with Crippen LogP contribution >= 0.6 is 0 Å². The smallest absolute Gasteiger partial charge is 0.376 e. The maximum absolute atomic E-state index is 12.2. The highest BCUT2D eigenvalue weighted by Gasteiger charge is 2.37. The average molecular weight is 315 g/mol. The molecule has 3 rings (SSSR count). The van der Waals surface area contributed by atoms with Crippen molar-refractivity contribution in [1.82, 2.24) is 4.90 Å². The standard InChI is InChI=1S/C19H25NO3/c1-14(11-15-7-3-2-4-8-15)18(21)23-19(22)20-12-16-9-5-6-10-17(16)13-20/h2-4,7-8,14,16-17H,5-6,9-13H2,1H3/t14-,16+,17+/m0/s1. The van der Waals surface area contributed by atoms with Crippen LogP contribution in [0.2, 0.25) is 0 Å². The molecule has 1 amide bonds. The van der Waals surface area contributed by atoms with Crippen LogP contribution in [0.3, 0.4) is 0 Å². The molecule has 2 aliphatic rings. The van der Waals surface area contributed by atoms with Gasteiger partial charge in [-0.1, -0.05) is 50.1 Å². The summed E-state index contributed by atoms with van der Waals surface area (Å²) in [6, 6.07) is 9.81. The number of amides is 1. The number of hydrogen-bond acceptors (Lipinski definition) is 3. The molecular weight excluding hydrogens is 290 g/mol. The quantitative estimate of drug-likeness (QED) is 0.632. The maximum atomic E-state index is 12.2. The number of esters is 1. The third kappa shape index (κ3) is 3.92. The van der Waals surface area contributed by atoms with Crippen LogP contribution in [0.25, 0.3) is 0 Å². The minimum absolute atomic E-state index is 0.314. The van der Waals surface area contributed by atoms with Gasteiger partial charge in [-0.25, -0.2) is 4.79 Å². The minimum atomic E-state index is -0.454. The fourth-order valence-electron chi connectivity index (χ4n) is 3.86. The Kier molecular flexibility index (Phi) is 4.99. The van der Waals surface area contributed by atoms with Gasteiger partial charge >= 0.3 is 12.1 Å². The third-order valence-corrected chi connectivity index (χ3v) is 5.21. The van der Waals surface area contributed by atoms with E-state index in [1.807, 2.05) is 37.3 Å². The molecule has 1 saturated heterocycles. The van der Waals surface area contributed by atoms with Crippen LogP contribution in [0.15, 0.2) is 30.3 Å². The lowest BCUT2D eigenvalue weighted by Crippen LogP contribution is -2.33. The van der Waals surface area contributed by atoms with Gasteiger partial charge in [0.15, 0.2) is 0 Å². The van der Waals surface area contributed by atoms with Gasteiger partial charge in [0, 0.05) is 13.1 Å². The number of fused-ring (bicyclic) bond motifs is 1. The third-order valence-electron chi connectivity index (χ3n) is 5.21. The van der Waals surface area contributed by atoms with Crippen molar-refractivity contribution in [3.63, 3.8) is 0 Å². The largest absolute Gasteiger partial charge is 0.417 e. The van der Waals surface area contributed by atoms with Gasteiger partial charge in [0.2, 0.25) is 0 Å². The van der Waals surface area contributed by atoms with E-state index in [-0.39, 0.29) is 5.92 Å². The summed E-state index contributed by atoms with van der Waals surface area (Å²) in [4.78, 5) is 26.1. The molecule has 1 aliphatic heterocycles. The van der Waals surface area contributed by atoms with Gasteiger partial charge in [-0.05, 0) is 36.7 Å². The first kappa shape index (κ1) is 16.0. The first-order valence-electron chi connectivity index (χ1n) is 8.68. The fraction of sp³-hybridized carbons (Fsp3) is 0.579. The van der Waals surface area contributed by atoms with E-state index < -0.39 is 12.1 Å². The van der Waals surface area contributed by atoms with Crippen molar-refractivity contribution in [2.75, 3.05) is 13.1 Å². The molecule has 0 aromatic heterocycles. The predicted octanol–water partition coefficient (Wildman–Crippen LogP) is 3.65. The Bertz CT molecular complexity index is 543. The van der Waals surface area contributed by atoms with E-state index in [0.717, 1.165) is 18.7 Å². The van der Waals surface area contributed by atoms with Crippen molar-refractivity contribution >= 4 is 12.1 Å². The zero-order valence-corrected chi connectivity index (χ0v) is 13.7. The van der Waals surface area contributed by atoms with Crippen molar-refractivity contribution < 1.29 is 14.3 Å². The van der Waals surface area contributed by atoms with Crippen molar-refractivity contribution in [2.45, 2.75) is 39.0 Å². The van der Waals surface area contributed by atoms with E-state index in [0.29, 0.717) is 18.3 Å². The number of rotatable bonds is 3.